The molecule has 0 aliphatic heterocycles. The van der Waals surface area contributed by atoms with Gasteiger partial charge in [0, 0.05) is 12.8 Å². The van der Waals surface area contributed by atoms with Crippen molar-refractivity contribution in [3.05, 3.63) is 48.6 Å². The average Bonchev–Trinajstić information content (AvgIpc) is 3.41. The van der Waals surface area contributed by atoms with Crippen molar-refractivity contribution in [1.82, 2.24) is 5.32 Å². The number of amides is 1. The molecule has 3 atom stereocenters. The fraction of sp³-hybridized carbons (Fsp3) is 0.855. The topological polar surface area (TPSA) is 114 Å². The van der Waals surface area contributed by atoms with Crippen LogP contribution in [0.15, 0.2) is 48.6 Å². The largest absolute Gasteiger partial charge is 0.756 e. The third-order valence-electron chi connectivity index (χ3n) is 15.3. The first kappa shape index (κ1) is 77.0. The number of unbranched alkanes of at least 4 members (excludes halogenated alkanes) is 42. The van der Waals surface area contributed by atoms with E-state index in [1.807, 2.05) is 33.3 Å². The van der Waals surface area contributed by atoms with Crippen LogP contribution in [0.4, 0.5) is 0 Å². The molecule has 3 unspecified atom stereocenters. The number of nitrogens with zero attached hydrogens (tertiary/aromatic N) is 1. The van der Waals surface area contributed by atoms with Gasteiger partial charge in [-0.3, -0.25) is 14.2 Å². The van der Waals surface area contributed by atoms with E-state index in [4.69, 9.17) is 13.8 Å². The molecule has 1 N–H and O–H groups in total. The number of phosphoric ester groups is 1. The summed E-state index contributed by atoms with van der Waals surface area (Å²) in [5.74, 6) is -0.551. The van der Waals surface area contributed by atoms with Crippen LogP contribution in [-0.4, -0.2) is 69.4 Å². The zero-order valence-electron chi connectivity index (χ0n) is 53.1. The Kier molecular flexibility index (Phi) is 57.6. The molecule has 0 aliphatic rings. The summed E-state index contributed by atoms with van der Waals surface area (Å²) in [5, 5.41) is 3.04. The molecule has 0 bridgehead atoms. The lowest BCUT2D eigenvalue weighted by molar-refractivity contribution is -0.870. The molecule has 10 heteroatoms. The molecule has 464 valence electrons. The maximum absolute atomic E-state index is 13.6. The van der Waals surface area contributed by atoms with Crippen molar-refractivity contribution >= 4 is 19.7 Å². The number of quaternary nitrogens is 1. The Morgan fingerprint density at radius 1 is 0.456 bits per heavy atom. The molecule has 9 nitrogen and oxygen atoms in total. The number of ether oxygens (including phenoxy) is 1. The molecule has 0 radical (unpaired) electrons. The third kappa shape index (κ3) is 60.4. The molecule has 0 aromatic rings. The van der Waals surface area contributed by atoms with Crippen molar-refractivity contribution in [1.29, 1.82) is 0 Å². The van der Waals surface area contributed by atoms with E-state index in [0.29, 0.717) is 23.9 Å². The van der Waals surface area contributed by atoms with Gasteiger partial charge >= 0.3 is 5.97 Å². The van der Waals surface area contributed by atoms with Gasteiger partial charge in [-0.25, -0.2) is 0 Å². The van der Waals surface area contributed by atoms with E-state index in [2.05, 4.69) is 62.5 Å². The summed E-state index contributed by atoms with van der Waals surface area (Å²) in [6, 6.07) is -0.895. The number of rotatable bonds is 62. The van der Waals surface area contributed by atoms with Gasteiger partial charge in [-0.2, -0.15) is 0 Å². The van der Waals surface area contributed by atoms with Gasteiger partial charge in [0.2, 0.25) is 5.91 Å². The Bertz CT molecular complexity index is 1490. The molecule has 0 heterocycles. The Hall–Kier alpha value is -2.03. The van der Waals surface area contributed by atoms with Gasteiger partial charge in [-0.1, -0.05) is 314 Å². The van der Waals surface area contributed by atoms with Gasteiger partial charge in [-0.05, 0) is 51.0 Å². The number of carbonyl (C=O) groups excluding carboxylic acids is 2. The maximum Gasteiger partial charge on any atom is 0.306 e. The Morgan fingerprint density at radius 3 is 1.20 bits per heavy atom. The van der Waals surface area contributed by atoms with Crippen LogP contribution in [0.3, 0.4) is 0 Å². The molecule has 1 amide bonds. The van der Waals surface area contributed by atoms with Crippen LogP contribution in [-0.2, 0) is 27.9 Å². The summed E-state index contributed by atoms with van der Waals surface area (Å²) in [5.41, 5.74) is 0. The highest BCUT2D eigenvalue weighted by Gasteiger charge is 2.27. The van der Waals surface area contributed by atoms with Crippen molar-refractivity contribution in [2.24, 2.45) is 0 Å². The minimum absolute atomic E-state index is 0.0246. The monoisotopic (exact) mass is 1130 g/mol. The van der Waals surface area contributed by atoms with E-state index in [0.717, 1.165) is 77.0 Å². The van der Waals surface area contributed by atoms with Gasteiger partial charge in [0.1, 0.15) is 19.3 Å². The van der Waals surface area contributed by atoms with Crippen molar-refractivity contribution in [3.63, 3.8) is 0 Å². The van der Waals surface area contributed by atoms with E-state index in [9.17, 15) is 19.0 Å². The first-order valence-electron chi connectivity index (χ1n) is 34.0. The van der Waals surface area contributed by atoms with Crippen LogP contribution in [0.5, 0.6) is 0 Å². The van der Waals surface area contributed by atoms with Crippen molar-refractivity contribution in [3.8, 4) is 0 Å². The van der Waals surface area contributed by atoms with Crippen molar-refractivity contribution < 1.29 is 37.3 Å². The summed E-state index contributed by atoms with van der Waals surface area (Å²) in [4.78, 5) is 40.0. The standard InChI is InChI=1S/C69H131N2O7P/c1-7-10-13-16-19-22-25-28-29-30-31-32-33-34-35-36-37-38-39-40-41-44-46-49-52-55-58-61-68(72)70-66(65-77-79(74,75)76-64-63-71(4,5)6)67(60-57-54-51-48-45-42-26-23-20-17-14-11-8-2)78-69(73)62-59-56-53-50-47-43-27-24-21-18-15-12-9-3/h12,15,18,21,24,27,57,60,66-67H,7-11,13-14,16-17,19-20,22-23,25-26,28-56,58-59,61-65H2,1-6H3,(H-,70,72,74,75)/b15-12+,21-18+,27-24-,60-57-. The highest BCUT2D eigenvalue weighted by molar-refractivity contribution is 7.45. The number of likely N-dealkylation sites (N-methyl/N-ethyl adjacent to an activating group) is 1. The maximum atomic E-state index is 13.6. The predicted octanol–water partition coefficient (Wildman–Crippen LogP) is 20.6. The average molecular weight is 1130 g/mol. The van der Waals surface area contributed by atoms with E-state index in [1.165, 1.54) is 212 Å². The first-order chi connectivity index (χ1) is 38.4. The normalized spacial score (nSPS) is 13.9. The van der Waals surface area contributed by atoms with Gasteiger partial charge < -0.3 is 28.5 Å². The number of hydrogen-bond acceptors (Lipinski definition) is 7. The van der Waals surface area contributed by atoms with E-state index >= 15 is 0 Å². The number of carbonyl (C=O) groups is 2. The van der Waals surface area contributed by atoms with Crippen LogP contribution in [0.2, 0.25) is 0 Å². The summed E-state index contributed by atoms with van der Waals surface area (Å²) in [6.45, 7) is 6.74. The molecule has 0 spiro atoms. The Balaban J connectivity index is 4.99. The van der Waals surface area contributed by atoms with Crippen LogP contribution < -0.4 is 10.2 Å². The SMILES string of the molecule is CC/C=C/C=C/C=C\CCCCCCCC(=O)OC(/C=C\CCCCCCCCCCCCC)C(COP(=O)([O-])OCC[N+](C)(C)C)NC(=O)CCCCCCCCCCCCCCCCCCCCCCCCCCCCC. The number of phosphoric acid groups is 1. The molecule has 0 aromatic carbocycles. The molecular weight excluding hydrogens is 1000 g/mol. The Labute approximate surface area is 490 Å². The van der Waals surface area contributed by atoms with E-state index < -0.39 is 26.6 Å². The second-order valence-electron chi connectivity index (χ2n) is 24.4. The molecule has 0 aliphatic carbocycles. The van der Waals surface area contributed by atoms with E-state index in [-0.39, 0.29) is 24.9 Å². The molecule has 0 rings (SSSR count). The second-order valence-corrected chi connectivity index (χ2v) is 25.8. The van der Waals surface area contributed by atoms with Gasteiger partial charge in [-0.15, -0.1) is 0 Å². The minimum atomic E-state index is -4.70. The third-order valence-corrected chi connectivity index (χ3v) is 16.3. The summed E-state index contributed by atoms with van der Waals surface area (Å²) < 4.78 is 30.3. The lowest BCUT2D eigenvalue weighted by Crippen LogP contribution is -2.47. The second kappa shape index (κ2) is 59.1. The molecule has 79 heavy (non-hydrogen) atoms. The molecule has 0 saturated carbocycles. The zero-order chi connectivity index (χ0) is 57.9. The van der Waals surface area contributed by atoms with Crippen molar-refractivity contribution in [2.45, 2.75) is 341 Å². The molecular formula is C69H131N2O7P. The summed E-state index contributed by atoms with van der Waals surface area (Å²) in [7, 11) is 1.18. The number of hydrogen-bond donors (Lipinski definition) is 1. The number of allylic oxidation sites excluding steroid dienone is 7. The van der Waals surface area contributed by atoms with Gasteiger partial charge in [0.15, 0.2) is 0 Å². The van der Waals surface area contributed by atoms with Crippen molar-refractivity contribution in [2.75, 3.05) is 40.9 Å². The quantitative estimate of drug-likeness (QED) is 0.0161. The molecule has 0 saturated heterocycles. The van der Waals surface area contributed by atoms with Gasteiger partial charge in [0.05, 0.1) is 33.8 Å². The van der Waals surface area contributed by atoms with Gasteiger partial charge in [0.25, 0.3) is 7.82 Å². The van der Waals surface area contributed by atoms with Crippen LogP contribution in [0, 0.1) is 0 Å². The zero-order valence-corrected chi connectivity index (χ0v) is 54.0. The number of nitrogens with one attached hydrogen (secondary N) is 1. The first-order valence-corrected chi connectivity index (χ1v) is 35.4. The lowest BCUT2D eigenvalue weighted by Gasteiger charge is -2.30. The predicted molar refractivity (Wildman–Crippen MR) is 339 cm³/mol. The summed E-state index contributed by atoms with van der Waals surface area (Å²) >= 11 is 0. The molecule has 0 aromatic heterocycles. The summed E-state index contributed by atoms with van der Waals surface area (Å²) in [6.07, 6.45) is 73.9. The minimum Gasteiger partial charge on any atom is -0.756 e. The van der Waals surface area contributed by atoms with E-state index in [1.54, 1.807) is 0 Å². The van der Waals surface area contributed by atoms with Crippen LogP contribution in [0.25, 0.3) is 0 Å². The smallest absolute Gasteiger partial charge is 0.306 e. The van der Waals surface area contributed by atoms with Crippen LogP contribution in [0.1, 0.15) is 329 Å². The van der Waals surface area contributed by atoms with Crippen LogP contribution >= 0.6 is 7.82 Å². The molecule has 0 fully saturated rings. The number of esters is 1. The lowest BCUT2D eigenvalue weighted by atomic mass is 10.0. The fourth-order valence-electron chi connectivity index (χ4n) is 10.1. The Morgan fingerprint density at radius 2 is 0.810 bits per heavy atom. The highest BCUT2D eigenvalue weighted by atomic mass is 31.2. The fourth-order valence-corrected chi connectivity index (χ4v) is 10.8. The highest BCUT2D eigenvalue weighted by Crippen LogP contribution is 2.38.